The van der Waals surface area contributed by atoms with Gasteiger partial charge < -0.3 is 20.7 Å². The molecule has 0 spiro atoms. The number of carbonyl (C=O) groups excluding carboxylic acids is 2. The molecule has 9 heteroatoms. The van der Waals surface area contributed by atoms with E-state index in [-0.39, 0.29) is 5.69 Å². The van der Waals surface area contributed by atoms with Gasteiger partial charge in [-0.15, -0.1) is 0 Å². The van der Waals surface area contributed by atoms with Gasteiger partial charge >= 0.3 is 18.3 Å². The number of carbonyl (C=O) groups is 2. The average molecular weight is 413 g/mol. The Hall–Kier alpha value is -2.45. The second-order valence-corrected chi connectivity index (χ2v) is 7.79. The SMILES string of the molecule is CCCCCOC(=O)NC1(C2(NC(=O)Nc3ccc(C(F)(F)F)cc3)CC2)CC1. The Morgan fingerprint density at radius 1 is 1.00 bits per heavy atom. The summed E-state index contributed by atoms with van der Waals surface area (Å²) in [4.78, 5) is 24.4. The number of benzene rings is 1. The Morgan fingerprint density at radius 2 is 1.59 bits per heavy atom. The first-order valence-electron chi connectivity index (χ1n) is 9.91. The van der Waals surface area contributed by atoms with Crippen LogP contribution < -0.4 is 16.0 Å². The Kier molecular flexibility index (Phi) is 5.95. The quantitative estimate of drug-likeness (QED) is 0.535. The summed E-state index contributed by atoms with van der Waals surface area (Å²) in [5.41, 5.74) is -1.56. The van der Waals surface area contributed by atoms with Crippen LogP contribution in [0.3, 0.4) is 0 Å². The van der Waals surface area contributed by atoms with Gasteiger partial charge in [0, 0.05) is 5.69 Å². The van der Waals surface area contributed by atoms with Gasteiger partial charge in [-0.25, -0.2) is 9.59 Å². The summed E-state index contributed by atoms with van der Waals surface area (Å²) in [6, 6.07) is 3.75. The second-order valence-electron chi connectivity index (χ2n) is 7.79. The third-order valence-electron chi connectivity index (χ3n) is 5.56. The third-order valence-corrected chi connectivity index (χ3v) is 5.56. The summed E-state index contributed by atoms with van der Waals surface area (Å²) in [6.07, 6.45) is 0.894. The molecule has 0 unspecified atom stereocenters. The van der Waals surface area contributed by atoms with E-state index in [9.17, 15) is 22.8 Å². The Labute approximate surface area is 167 Å². The Morgan fingerprint density at radius 3 is 2.10 bits per heavy atom. The second kappa shape index (κ2) is 8.12. The molecule has 29 heavy (non-hydrogen) atoms. The van der Waals surface area contributed by atoms with Gasteiger partial charge in [-0.2, -0.15) is 13.2 Å². The Bertz CT molecular complexity index is 742. The van der Waals surface area contributed by atoms with Crippen molar-refractivity contribution >= 4 is 17.8 Å². The normalized spacial score (nSPS) is 18.5. The van der Waals surface area contributed by atoms with Crippen molar-refractivity contribution in [3.63, 3.8) is 0 Å². The smallest absolute Gasteiger partial charge is 0.416 e. The molecule has 0 aliphatic heterocycles. The van der Waals surface area contributed by atoms with Crippen molar-refractivity contribution in [3.05, 3.63) is 29.8 Å². The van der Waals surface area contributed by atoms with E-state index in [1.54, 1.807) is 0 Å². The molecule has 2 aliphatic carbocycles. The number of amides is 3. The number of unbranched alkanes of at least 4 members (excludes halogenated alkanes) is 2. The highest BCUT2D eigenvalue weighted by molar-refractivity contribution is 5.90. The molecule has 1 aromatic carbocycles. The maximum absolute atomic E-state index is 12.6. The van der Waals surface area contributed by atoms with E-state index in [1.807, 2.05) is 0 Å². The molecule has 0 heterocycles. The van der Waals surface area contributed by atoms with Crippen LogP contribution in [0, 0.1) is 0 Å². The summed E-state index contributed by atoms with van der Waals surface area (Å²) in [7, 11) is 0. The molecular weight excluding hydrogens is 387 g/mol. The van der Waals surface area contributed by atoms with E-state index in [2.05, 4.69) is 22.9 Å². The molecule has 1 aromatic rings. The third kappa shape index (κ3) is 5.13. The van der Waals surface area contributed by atoms with E-state index in [4.69, 9.17) is 4.74 Å². The average Bonchev–Trinajstić information content (AvgIpc) is 3.56. The minimum Gasteiger partial charge on any atom is -0.450 e. The molecule has 2 saturated carbocycles. The summed E-state index contributed by atoms with van der Waals surface area (Å²) in [6.45, 7) is 2.43. The van der Waals surface area contributed by atoms with Crippen LogP contribution in [0.25, 0.3) is 0 Å². The zero-order valence-electron chi connectivity index (χ0n) is 16.3. The summed E-state index contributed by atoms with van der Waals surface area (Å²) < 4.78 is 43.1. The number of ether oxygens (including phenoxy) is 1. The highest BCUT2D eigenvalue weighted by Gasteiger charge is 2.67. The van der Waals surface area contributed by atoms with Gasteiger partial charge in [-0.1, -0.05) is 19.8 Å². The van der Waals surface area contributed by atoms with Crippen molar-refractivity contribution in [1.82, 2.24) is 10.6 Å². The van der Waals surface area contributed by atoms with Crippen LogP contribution in [-0.2, 0) is 10.9 Å². The van der Waals surface area contributed by atoms with Crippen LogP contribution >= 0.6 is 0 Å². The van der Waals surface area contributed by atoms with Gasteiger partial charge in [0.05, 0.1) is 23.2 Å². The largest absolute Gasteiger partial charge is 0.450 e. The van der Waals surface area contributed by atoms with Crippen LogP contribution in [-0.4, -0.2) is 29.8 Å². The number of urea groups is 1. The molecule has 0 radical (unpaired) electrons. The van der Waals surface area contributed by atoms with Crippen molar-refractivity contribution < 1.29 is 27.5 Å². The standard InChI is InChI=1S/C20H26F3N3O3/c1-2-3-4-13-29-17(28)26-19(11-12-19)18(9-10-18)25-16(27)24-15-7-5-14(6-8-15)20(21,22)23/h5-8H,2-4,9-13H2,1H3,(H,26,28)(H2,24,25,27). The maximum atomic E-state index is 12.6. The van der Waals surface area contributed by atoms with E-state index in [0.717, 1.165) is 57.1 Å². The topological polar surface area (TPSA) is 79.5 Å². The van der Waals surface area contributed by atoms with Crippen LogP contribution in [0.5, 0.6) is 0 Å². The molecule has 160 valence electrons. The highest BCUT2D eigenvalue weighted by Crippen LogP contribution is 2.57. The lowest BCUT2D eigenvalue weighted by molar-refractivity contribution is -0.137. The highest BCUT2D eigenvalue weighted by atomic mass is 19.4. The molecule has 2 aliphatic rings. The fourth-order valence-electron chi connectivity index (χ4n) is 3.57. The first-order valence-corrected chi connectivity index (χ1v) is 9.91. The van der Waals surface area contributed by atoms with Crippen molar-refractivity contribution in [2.45, 2.75) is 69.1 Å². The molecule has 3 rings (SSSR count). The van der Waals surface area contributed by atoms with E-state index in [1.165, 1.54) is 12.1 Å². The molecule has 6 nitrogen and oxygen atoms in total. The summed E-state index contributed by atoms with van der Waals surface area (Å²) >= 11 is 0. The zero-order valence-corrected chi connectivity index (χ0v) is 16.3. The van der Waals surface area contributed by atoms with Crippen molar-refractivity contribution in [2.24, 2.45) is 0 Å². The van der Waals surface area contributed by atoms with Gasteiger partial charge in [-0.05, 0) is 56.4 Å². The lowest BCUT2D eigenvalue weighted by Gasteiger charge is -2.28. The number of anilines is 1. The van der Waals surface area contributed by atoms with Crippen LogP contribution in [0.1, 0.15) is 57.4 Å². The van der Waals surface area contributed by atoms with Gasteiger partial charge in [0.25, 0.3) is 0 Å². The first kappa shape index (κ1) is 21.3. The Balaban J connectivity index is 1.51. The van der Waals surface area contributed by atoms with Crippen LogP contribution in [0.15, 0.2) is 24.3 Å². The van der Waals surface area contributed by atoms with Crippen molar-refractivity contribution in [2.75, 3.05) is 11.9 Å². The van der Waals surface area contributed by atoms with E-state index < -0.39 is 34.9 Å². The predicted octanol–water partition coefficient (Wildman–Crippen LogP) is 4.81. The molecule has 0 aromatic heterocycles. The molecule has 0 atom stereocenters. The molecule has 3 N–H and O–H groups in total. The van der Waals surface area contributed by atoms with Gasteiger partial charge in [0.2, 0.25) is 0 Å². The number of hydrogen-bond donors (Lipinski definition) is 3. The number of alkyl carbamates (subject to hydrolysis) is 1. The van der Waals surface area contributed by atoms with Crippen molar-refractivity contribution in [1.29, 1.82) is 0 Å². The molecule has 0 bridgehead atoms. The van der Waals surface area contributed by atoms with Crippen LogP contribution in [0.2, 0.25) is 0 Å². The lowest BCUT2D eigenvalue weighted by atomic mass is 10.0. The maximum Gasteiger partial charge on any atom is 0.416 e. The minimum absolute atomic E-state index is 0.263. The van der Waals surface area contributed by atoms with Gasteiger partial charge in [0.1, 0.15) is 0 Å². The zero-order chi connectivity index (χ0) is 21.1. The number of rotatable bonds is 8. The van der Waals surface area contributed by atoms with Gasteiger partial charge in [-0.3, -0.25) is 0 Å². The fourth-order valence-corrected chi connectivity index (χ4v) is 3.57. The molecule has 0 saturated heterocycles. The monoisotopic (exact) mass is 413 g/mol. The lowest BCUT2D eigenvalue weighted by Crippen LogP contribution is -2.56. The number of halogens is 3. The van der Waals surface area contributed by atoms with Crippen molar-refractivity contribution in [3.8, 4) is 0 Å². The van der Waals surface area contributed by atoms with Gasteiger partial charge in [0.15, 0.2) is 0 Å². The first-order chi connectivity index (χ1) is 13.7. The predicted molar refractivity (Wildman–Crippen MR) is 102 cm³/mol. The number of alkyl halides is 3. The minimum atomic E-state index is -4.42. The fraction of sp³-hybridized carbons (Fsp3) is 0.600. The van der Waals surface area contributed by atoms with Crippen LogP contribution in [0.4, 0.5) is 28.4 Å². The molecular formula is C20H26F3N3O3. The number of hydrogen-bond acceptors (Lipinski definition) is 3. The van der Waals surface area contributed by atoms with E-state index >= 15 is 0 Å². The summed E-state index contributed by atoms with van der Waals surface area (Å²) in [5.74, 6) is 0. The summed E-state index contributed by atoms with van der Waals surface area (Å²) in [5, 5.41) is 8.37. The number of nitrogens with one attached hydrogen (secondary N) is 3. The van der Waals surface area contributed by atoms with E-state index in [0.29, 0.717) is 6.61 Å². The molecule has 2 fully saturated rings. The molecule has 3 amide bonds.